The van der Waals surface area contributed by atoms with Crippen LogP contribution in [0.2, 0.25) is 0 Å². The number of rotatable bonds is 5. The summed E-state index contributed by atoms with van der Waals surface area (Å²) in [5.41, 5.74) is 0. The molecule has 2 bridgehead atoms. The second-order valence-electron chi connectivity index (χ2n) is 4.80. The van der Waals surface area contributed by atoms with Gasteiger partial charge in [0, 0.05) is 19.1 Å². The van der Waals surface area contributed by atoms with E-state index in [1.165, 1.54) is 25.8 Å². The summed E-state index contributed by atoms with van der Waals surface area (Å²) in [7, 11) is 1.72. The van der Waals surface area contributed by atoms with Crippen molar-refractivity contribution >= 4 is 5.97 Å². The highest BCUT2D eigenvalue weighted by molar-refractivity contribution is 5.73. The van der Waals surface area contributed by atoms with Crippen LogP contribution in [0.4, 0.5) is 0 Å². The van der Waals surface area contributed by atoms with E-state index in [0.717, 1.165) is 24.9 Å². The summed E-state index contributed by atoms with van der Waals surface area (Å²) >= 11 is 0. The zero-order valence-corrected chi connectivity index (χ0v) is 9.28. The molecule has 2 N–H and O–H groups in total. The number of likely N-dealkylation sites (tertiary alicyclic amines) is 1. The average molecular weight is 212 g/mol. The van der Waals surface area contributed by atoms with Crippen molar-refractivity contribution in [3.63, 3.8) is 0 Å². The van der Waals surface area contributed by atoms with E-state index in [1.54, 1.807) is 7.05 Å². The van der Waals surface area contributed by atoms with Gasteiger partial charge in [0.15, 0.2) is 0 Å². The van der Waals surface area contributed by atoms with Crippen molar-refractivity contribution in [2.24, 2.45) is 5.92 Å². The second kappa shape index (κ2) is 4.49. The number of hydrogen-bond donors (Lipinski definition) is 2. The van der Waals surface area contributed by atoms with Crippen LogP contribution in [0, 0.1) is 5.92 Å². The highest BCUT2D eigenvalue weighted by Crippen LogP contribution is 2.37. The molecule has 1 aliphatic carbocycles. The number of piperidine rings is 1. The first-order valence-electron chi connectivity index (χ1n) is 5.85. The number of carboxylic acid groups (broad SMARTS) is 1. The summed E-state index contributed by atoms with van der Waals surface area (Å²) in [6.07, 6.45) is 4.77. The summed E-state index contributed by atoms with van der Waals surface area (Å²) in [4.78, 5) is 13.3. The lowest BCUT2D eigenvalue weighted by Crippen LogP contribution is -2.40. The van der Waals surface area contributed by atoms with Gasteiger partial charge in [0.25, 0.3) is 0 Å². The molecule has 0 amide bonds. The van der Waals surface area contributed by atoms with Crippen LogP contribution in [0.3, 0.4) is 0 Å². The molecule has 0 spiro atoms. The molecule has 86 valence electrons. The first-order valence-corrected chi connectivity index (χ1v) is 5.85. The van der Waals surface area contributed by atoms with Gasteiger partial charge in [0.05, 0.1) is 0 Å². The Bertz CT molecular complexity index is 245. The Morgan fingerprint density at radius 1 is 1.60 bits per heavy atom. The maximum Gasteiger partial charge on any atom is 0.320 e. The molecular formula is C11H20N2O2. The average Bonchev–Trinajstić information content (AvgIpc) is 2.79. The van der Waals surface area contributed by atoms with Gasteiger partial charge in [-0.3, -0.25) is 4.79 Å². The molecule has 3 unspecified atom stereocenters. The van der Waals surface area contributed by atoms with Crippen molar-refractivity contribution in [2.75, 3.05) is 20.1 Å². The lowest BCUT2D eigenvalue weighted by Gasteiger charge is -2.27. The van der Waals surface area contributed by atoms with Gasteiger partial charge < -0.3 is 15.3 Å². The Kier molecular flexibility index (Phi) is 3.26. The van der Waals surface area contributed by atoms with Crippen molar-refractivity contribution in [2.45, 2.75) is 37.8 Å². The third-order valence-electron chi connectivity index (χ3n) is 3.87. The van der Waals surface area contributed by atoms with E-state index >= 15 is 0 Å². The SMILES string of the molecule is CNC(CCN1CC2CCC1C2)C(=O)O. The first-order chi connectivity index (χ1) is 7.20. The van der Waals surface area contributed by atoms with Gasteiger partial charge in [0.2, 0.25) is 0 Å². The molecule has 2 aliphatic rings. The van der Waals surface area contributed by atoms with E-state index in [4.69, 9.17) is 5.11 Å². The van der Waals surface area contributed by atoms with E-state index in [-0.39, 0.29) is 6.04 Å². The van der Waals surface area contributed by atoms with Gasteiger partial charge in [-0.15, -0.1) is 0 Å². The number of fused-ring (bicyclic) bond motifs is 2. The van der Waals surface area contributed by atoms with E-state index in [0.29, 0.717) is 0 Å². The molecule has 1 saturated heterocycles. The van der Waals surface area contributed by atoms with E-state index in [1.807, 2.05) is 0 Å². The summed E-state index contributed by atoms with van der Waals surface area (Å²) in [5.74, 6) is 0.162. The molecule has 3 atom stereocenters. The largest absolute Gasteiger partial charge is 0.480 e. The predicted molar refractivity (Wildman–Crippen MR) is 57.8 cm³/mol. The first kappa shape index (κ1) is 10.9. The van der Waals surface area contributed by atoms with Gasteiger partial charge in [-0.1, -0.05) is 0 Å². The zero-order chi connectivity index (χ0) is 10.8. The summed E-state index contributed by atoms with van der Waals surface area (Å²) < 4.78 is 0. The van der Waals surface area contributed by atoms with E-state index in [2.05, 4.69) is 10.2 Å². The second-order valence-corrected chi connectivity index (χ2v) is 4.80. The number of aliphatic carboxylic acids is 1. The molecule has 0 aromatic carbocycles. The normalized spacial score (nSPS) is 32.1. The van der Waals surface area contributed by atoms with Crippen LogP contribution in [0.5, 0.6) is 0 Å². The van der Waals surface area contributed by atoms with Crippen molar-refractivity contribution in [1.29, 1.82) is 0 Å². The Balaban J connectivity index is 1.76. The number of nitrogens with one attached hydrogen (secondary N) is 1. The fourth-order valence-corrected chi connectivity index (χ4v) is 2.99. The van der Waals surface area contributed by atoms with E-state index in [9.17, 15) is 4.79 Å². The van der Waals surface area contributed by atoms with Crippen molar-refractivity contribution in [1.82, 2.24) is 10.2 Å². The number of hydrogen-bond acceptors (Lipinski definition) is 3. The Morgan fingerprint density at radius 3 is 2.87 bits per heavy atom. The molecule has 1 aliphatic heterocycles. The molecule has 0 radical (unpaired) electrons. The Hall–Kier alpha value is -0.610. The molecular weight excluding hydrogens is 192 g/mol. The maximum atomic E-state index is 10.8. The molecule has 1 heterocycles. The standard InChI is InChI=1S/C11H20N2O2/c1-12-10(11(14)15)4-5-13-7-8-2-3-9(13)6-8/h8-10,12H,2-7H2,1H3,(H,14,15). The van der Waals surface area contributed by atoms with Crippen LogP contribution in [-0.4, -0.2) is 48.2 Å². The third kappa shape index (κ3) is 2.32. The lowest BCUT2D eigenvalue weighted by molar-refractivity contribution is -0.139. The fraction of sp³-hybridized carbons (Fsp3) is 0.909. The zero-order valence-electron chi connectivity index (χ0n) is 9.28. The highest BCUT2D eigenvalue weighted by Gasteiger charge is 2.37. The molecule has 2 fully saturated rings. The predicted octanol–water partition coefficient (Wildman–Crippen LogP) is 0.533. The van der Waals surface area contributed by atoms with Gasteiger partial charge in [-0.2, -0.15) is 0 Å². The summed E-state index contributed by atoms with van der Waals surface area (Å²) in [5, 5.41) is 11.7. The van der Waals surface area contributed by atoms with Gasteiger partial charge in [-0.25, -0.2) is 0 Å². The van der Waals surface area contributed by atoms with Gasteiger partial charge in [-0.05, 0) is 38.6 Å². The number of carbonyl (C=O) groups is 1. The van der Waals surface area contributed by atoms with Crippen molar-refractivity contribution in [3.05, 3.63) is 0 Å². The van der Waals surface area contributed by atoms with Gasteiger partial charge >= 0.3 is 5.97 Å². The minimum atomic E-state index is -0.734. The monoisotopic (exact) mass is 212 g/mol. The Morgan fingerprint density at radius 2 is 2.40 bits per heavy atom. The van der Waals surface area contributed by atoms with Crippen LogP contribution < -0.4 is 5.32 Å². The molecule has 2 rings (SSSR count). The third-order valence-corrected chi connectivity index (χ3v) is 3.87. The summed E-state index contributed by atoms with van der Waals surface area (Å²) in [6, 6.07) is 0.366. The minimum Gasteiger partial charge on any atom is -0.480 e. The van der Waals surface area contributed by atoms with Crippen LogP contribution in [-0.2, 0) is 4.79 Å². The molecule has 4 nitrogen and oxygen atoms in total. The summed E-state index contributed by atoms with van der Waals surface area (Å²) in [6.45, 7) is 2.12. The van der Waals surface area contributed by atoms with Crippen LogP contribution in [0.15, 0.2) is 0 Å². The fourth-order valence-electron chi connectivity index (χ4n) is 2.99. The van der Waals surface area contributed by atoms with E-state index < -0.39 is 5.97 Å². The molecule has 0 aromatic rings. The molecule has 0 aromatic heterocycles. The molecule has 15 heavy (non-hydrogen) atoms. The maximum absolute atomic E-state index is 10.8. The van der Waals surface area contributed by atoms with Crippen LogP contribution >= 0.6 is 0 Å². The van der Waals surface area contributed by atoms with Crippen molar-refractivity contribution in [3.8, 4) is 0 Å². The number of nitrogens with zero attached hydrogens (tertiary/aromatic N) is 1. The number of likely N-dealkylation sites (N-methyl/N-ethyl adjacent to an activating group) is 1. The van der Waals surface area contributed by atoms with Crippen LogP contribution in [0.1, 0.15) is 25.7 Å². The smallest absolute Gasteiger partial charge is 0.320 e. The lowest BCUT2D eigenvalue weighted by atomic mass is 10.1. The topological polar surface area (TPSA) is 52.6 Å². The minimum absolute atomic E-state index is 0.385. The molecule has 1 saturated carbocycles. The van der Waals surface area contributed by atoms with Crippen molar-refractivity contribution < 1.29 is 9.90 Å². The molecule has 4 heteroatoms. The number of carboxylic acids is 1. The highest BCUT2D eigenvalue weighted by atomic mass is 16.4. The van der Waals surface area contributed by atoms with Gasteiger partial charge in [0.1, 0.15) is 6.04 Å². The Labute approximate surface area is 90.6 Å². The quantitative estimate of drug-likeness (QED) is 0.698. The van der Waals surface area contributed by atoms with Crippen LogP contribution in [0.25, 0.3) is 0 Å².